The Morgan fingerprint density at radius 2 is 1.76 bits per heavy atom. The molecule has 7 nitrogen and oxygen atoms in total. The van der Waals surface area contributed by atoms with Crippen LogP contribution in [-0.4, -0.2) is 30.4 Å². The molecule has 3 N–H and O–H groups in total. The molecule has 0 aliphatic heterocycles. The molecule has 220 valence electrons. The van der Waals surface area contributed by atoms with Crippen molar-refractivity contribution in [1.82, 2.24) is 0 Å². The zero-order chi connectivity index (χ0) is 29.6. The molecule has 0 radical (unpaired) electrons. The fourth-order valence-electron chi connectivity index (χ4n) is 7.32. The topological polar surface area (TPSA) is 108 Å². The van der Waals surface area contributed by atoms with Crippen molar-refractivity contribution < 1.29 is 28.9 Å². The molecular weight excluding hydrogens is 518 g/mol. The fraction of sp³-hybridized carbons (Fsp3) is 0.471. The maximum atomic E-state index is 12.7. The van der Waals surface area contributed by atoms with E-state index in [0.717, 1.165) is 52.1 Å². The molecule has 0 aromatic heterocycles. The van der Waals surface area contributed by atoms with E-state index in [1.165, 1.54) is 11.1 Å². The number of carbonyl (C=O) groups is 2. The zero-order valence-corrected chi connectivity index (χ0v) is 24.6. The smallest absolute Gasteiger partial charge is 0.430 e. The summed E-state index contributed by atoms with van der Waals surface area (Å²) in [6.45, 7) is 6.20. The molecule has 2 aromatic rings. The van der Waals surface area contributed by atoms with Gasteiger partial charge in [0.05, 0.1) is 5.57 Å². The first-order valence-electron chi connectivity index (χ1n) is 14.7. The van der Waals surface area contributed by atoms with Crippen LogP contribution in [0.3, 0.4) is 0 Å². The van der Waals surface area contributed by atoms with Gasteiger partial charge >= 0.3 is 12.1 Å². The number of rotatable bonds is 6. The van der Waals surface area contributed by atoms with Crippen molar-refractivity contribution in [2.45, 2.75) is 77.7 Å². The number of nitrogens with two attached hydrogens (primary N) is 1. The van der Waals surface area contributed by atoms with E-state index in [1.54, 1.807) is 30.3 Å². The second-order valence-electron chi connectivity index (χ2n) is 11.4. The third-order valence-corrected chi connectivity index (χ3v) is 9.15. The lowest BCUT2D eigenvalue weighted by atomic mass is 9.55. The number of nitrogen functional groups attached to an aromatic ring is 1. The van der Waals surface area contributed by atoms with Gasteiger partial charge in [-0.05, 0) is 117 Å². The van der Waals surface area contributed by atoms with Gasteiger partial charge in [0.2, 0.25) is 0 Å². The summed E-state index contributed by atoms with van der Waals surface area (Å²) in [5.74, 6) is 2.27. The van der Waals surface area contributed by atoms with Crippen molar-refractivity contribution in [2.75, 3.05) is 12.8 Å². The molecule has 0 spiro atoms. The normalized spacial score (nSPS) is 26.6. The van der Waals surface area contributed by atoms with E-state index in [0.29, 0.717) is 40.5 Å². The lowest BCUT2D eigenvalue weighted by Gasteiger charge is -2.50. The predicted molar refractivity (Wildman–Crippen MR) is 160 cm³/mol. The van der Waals surface area contributed by atoms with Crippen LogP contribution in [0.1, 0.15) is 76.3 Å². The van der Waals surface area contributed by atoms with Crippen LogP contribution in [0.25, 0.3) is 0 Å². The maximum absolute atomic E-state index is 12.7. The molecule has 0 amide bonds. The second kappa shape index (κ2) is 13.4. The Morgan fingerprint density at radius 3 is 2.46 bits per heavy atom. The molecule has 7 heteroatoms. The summed E-state index contributed by atoms with van der Waals surface area (Å²) in [5.41, 5.74) is 9.55. The van der Waals surface area contributed by atoms with E-state index >= 15 is 0 Å². The van der Waals surface area contributed by atoms with Gasteiger partial charge in [0.25, 0.3) is 0 Å². The van der Waals surface area contributed by atoms with Crippen molar-refractivity contribution in [1.29, 1.82) is 0 Å². The number of allylic oxidation sites excluding steroid dienone is 2. The summed E-state index contributed by atoms with van der Waals surface area (Å²) >= 11 is 0. The lowest BCUT2D eigenvalue weighted by molar-refractivity contribution is -0.129. The molecule has 5 unspecified atom stereocenters. The molecule has 3 aliphatic carbocycles. The number of hydrogen-bond donors (Lipinski definition) is 2. The molecule has 5 rings (SSSR count). The standard InChI is InChI=1S/C33H39NO5.CH4O/c1-4-6-21(7-5-2)31(35)37-25-13-15-26-22(20-25)8-14-28-27(26)18-19-33(3)29(28)16-17-30(33)39-32(36)38-24-11-9-23(34)10-12-24;1-2/h4,6-7,9-13,15,20,27-30H,5,8,14,16-19,34H2,1-3H3;2H,1H3/b6-4-,21-7+;. The van der Waals surface area contributed by atoms with E-state index in [2.05, 4.69) is 19.1 Å². The number of esters is 1. The third-order valence-electron chi connectivity index (χ3n) is 9.15. The van der Waals surface area contributed by atoms with E-state index in [1.807, 2.05) is 32.1 Å². The van der Waals surface area contributed by atoms with Crippen LogP contribution in [0.2, 0.25) is 0 Å². The third kappa shape index (κ3) is 6.51. The Morgan fingerprint density at radius 1 is 1.02 bits per heavy atom. The molecule has 2 saturated carbocycles. The first-order valence-corrected chi connectivity index (χ1v) is 14.7. The Balaban J connectivity index is 0.00000189. The SMILES string of the molecule is C/C=C\C(=C/CC)C(=O)Oc1ccc2c(c1)CCC1C2CCC2(C)C(OC(=O)Oc3ccc(N)cc3)CCC12.CO. The summed E-state index contributed by atoms with van der Waals surface area (Å²) in [5, 5.41) is 7.00. The number of aliphatic hydroxyl groups is 1. The van der Waals surface area contributed by atoms with E-state index in [4.69, 9.17) is 25.1 Å². The summed E-state index contributed by atoms with van der Waals surface area (Å²) in [6, 6.07) is 12.9. The number of ether oxygens (including phenoxy) is 3. The van der Waals surface area contributed by atoms with Gasteiger partial charge in [-0.2, -0.15) is 0 Å². The lowest BCUT2D eigenvalue weighted by Crippen LogP contribution is -2.45. The molecule has 41 heavy (non-hydrogen) atoms. The van der Waals surface area contributed by atoms with Gasteiger partial charge in [0.15, 0.2) is 0 Å². The molecular formula is C34H43NO6. The van der Waals surface area contributed by atoms with Crippen LogP contribution < -0.4 is 15.2 Å². The van der Waals surface area contributed by atoms with Crippen molar-refractivity contribution in [3.8, 4) is 11.5 Å². The molecule has 3 aliphatic rings. The Bertz CT molecular complexity index is 1280. The van der Waals surface area contributed by atoms with Gasteiger partial charge in [-0.3, -0.25) is 0 Å². The highest BCUT2D eigenvalue weighted by Gasteiger charge is 2.56. The highest BCUT2D eigenvalue weighted by molar-refractivity contribution is 5.93. The Kier molecular flexibility index (Phi) is 9.92. The Hall–Kier alpha value is -3.58. The van der Waals surface area contributed by atoms with E-state index in [-0.39, 0.29) is 17.5 Å². The number of carbonyl (C=O) groups excluding carboxylic acids is 2. The summed E-state index contributed by atoms with van der Waals surface area (Å²) < 4.78 is 17.1. The van der Waals surface area contributed by atoms with Crippen LogP contribution in [0.4, 0.5) is 10.5 Å². The number of benzene rings is 2. The molecule has 0 bridgehead atoms. The van der Waals surface area contributed by atoms with Gasteiger partial charge in [0, 0.05) is 18.2 Å². The van der Waals surface area contributed by atoms with Gasteiger partial charge in [-0.1, -0.05) is 38.1 Å². The highest BCUT2D eigenvalue weighted by atomic mass is 16.7. The van der Waals surface area contributed by atoms with Crippen LogP contribution in [0.5, 0.6) is 11.5 Å². The predicted octanol–water partition coefficient (Wildman–Crippen LogP) is 7.14. The van der Waals surface area contributed by atoms with Crippen LogP contribution in [-0.2, 0) is 16.0 Å². The monoisotopic (exact) mass is 561 g/mol. The summed E-state index contributed by atoms with van der Waals surface area (Å²) in [4.78, 5) is 25.3. The van der Waals surface area contributed by atoms with Crippen LogP contribution in [0, 0.1) is 17.3 Å². The number of fused-ring (bicyclic) bond motifs is 5. The largest absolute Gasteiger partial charge is 0.514 e. The fourth-order valence-corrected chi connectivity index (χ4v) is 7.32. The van der Waals surface area contributed by atoms with Crippen molar-refractivity contribution in [2.24, 2.45) is 17.3 Å². The van der Waals surface area contributed by atoms with Gasteiger partial charge in [-0.25, -0.2) is 9.59 Å². The second-order valence-corrected chi connectivity index (χ2v) is 11.4. The minimum Gasteiger partial charge on any atom is -0.430 e. The first-order chi connectivity index (χ1) is 19.8. The Labute approximate surface area is 243 Å². The zero-order valence-electron chi connectivity index (χ0n) is 24.6. The van der Waals surface area contributed by atoms with Crippen molar-refractivity contribution in [3.05, 3.63) is 77.4 Å². The first kappa shape index (κ1) is 30.4. The number of aliphatic hydroxyl groups excluding tert-OH is 1. The quantitative estimate of drug-likeness (QED) is 0.0964. The van der Waals surface area contributed by atoms with Crippen LogP contribution in [0.15, 0.2) is 66.3 Å². The number of hydrogen-bond acceptors (Lipinski definition) is 7. The van der Waals surface area contributed by atoms with Gasteiger partial charge in [-0.15, -0.1) is 0 Å². The summed E-state index contributed by atoms with van der Waals surface area (Å²) in [7, 11) is 1.00. The maximum Gasteiger partial charge on any atom is 0.514 e. The van der Waals surface area contributed by atoms with Gasteiger partial charge in [0.1, 0.15) is 17.6 Å². The van der Waals surface area contributed by atoms with E-state index < -0.39 is 6.16 Å². The average molecular weight is 562 g/mol. The molecule has 0 heterocycles. The van der Waals surface area contributed by atoms with Gasteiger partial charge < -0.3 is 25.1 Å². The molecule has 2 aromatic carbocycles. The highest BCUT2D eigenvalue weighted by Crippen LogP contribution is 2.61. The number of anilines is 1. The molecule has 5 atom stereocenters. The summed E-state index contributed by atoms with van der Waals surface area (Å²) in [6.07, 6.45) is 11.6. The minimum atomic E-state index is -0.642. The van der Waals surface area contributed by atoms with Crippen molar-refractivity contribution in [3.63, 3.8) is 0 Å². The molecule has 0 saturated heterocycles. The number of aryl methyl sites for hydroxylation is 1. The minimum absolute atomic E-state index is 0.0525. The van der Waals surface area contributed by atoms with Crippen LogP contribution >= 0.6 is 0 Å². The average Bonchev–Trinajstić information content (AvgIpc) is 3.30. The molecule has 2 fully saturated rings. The van der Waals surface area contributed by atoms with Crippen molar-refractivity contribution >= 4 is 17.8 Å². The van der Waals surface area contributed by atoms with E-state index in [9.17, 15) is 9.59 Å².